The second-order valence-electron chi connectivity index (χ2n) is 10.9. The van der Waals surface area contributed by atoms with Gasteiger partial charge in [0.05, 0.1) is 18.1 Å². The van der Waals surface area contributed by atoms with Gasteiger partial charge in [0, 0.05) is 25.7 Å². The zero-order valence-corrected chi connectivity index (χ0v) is 23.6. The van der Waals surface area contributed by atoms with Crippen molar-refractivity contribution < 1.29 is 33.7 Å². The van der Waals surface area contributed by atoms with E-state index in [1.807, 2.05) is 66.7 Å². The van der Waals surface area contributed by atoms with E-state index >= 15 is 0 Å². The number of fused-ring (bicyclic) bond motifs is 3. The Morgan fingerprint density at radius 1 is 0.929 bits per heavy atom. The highest BCUT2D eigenvalue weighted by atomic mass is 16.5. The molecule has 42 heavy (non-hydrogen) atoms. The van der Waals surface area contributed by atoms with Gasteiger partial charge in [0.15, 0.2) is 0 Å². The maximum Gasteiger partial charge on any atom is 0.407 e. The summed E-state index contributed by atoms with van der Waals surface area (Å²) in [5.41, 5.74) is 4.17. The highest BCUT2D eigenvalue weighted by Crippen LogP contribution is 2.44. The van der Waals surface area contributed by atoms with Gasteiger partial charge in [-0.15, -0.1) is 0 Å². The summed E-state index contributed by atoms with van der Waals surface area (Å²) in [6.45, 7) is 2.54. The van der Waals surface area contributed by atoms with Crippen LogP contribution in [0.5, 0.6) is 0 Å². The number of rotatable bonds is 11. The Morgan fingerprint density at radius 3 is 2.14 bits per heavy atom. The Morgan fingerprint density at radius 2 is 1.52 bits per heavy atom. The number of alkyl carbamates (subject to hydrolysis) is 1. The van der Waals surface area contributed by atoms with Crippen molar-refractivity contribution in [2.24, 2.45) is 5.41 Å². The first-order valence-electron chi connectivity index (χ1n) is 14.2. The van der Waals surface area contributed by atoms with Gasteiger partial charge in [-0.1, -0.05) is 78.9 Å². The van der Waals surface area contributed by atoms with Crippen molar-refractivity contribution in [2.45, 2.75) is 44.4 Å². The molecule has 5 rings (SSSR count). The molecule has 0 saturated carbocycles. The van der Waals surface area contributed by atoms with Crippen molar-refractivity contribution in [3.05, 3.63) is 95.6 Å². The molecule has 9 heteroatoms. The van der Waals surface area contributed by atoms with E-state index in [9.17, 15) is 19.5 Å². The fraction of sp³-hybridized carbons (Fsp3) is 0.364. The van der Waals surface area contributed by atoms with Crippen LogP contribution in [-0.4, -0.2) is 61.6 Å². The van der Waals surface area contributed by atoms with E-state index in [0.29, 0.717) is 13.2 Å². The van der Waals surface area contributed by atoms with Crippen molar-refractivity contribution in [1.29, 1.82) is 0 Å². The van der Waals surface area contributed by atoms with Gasteiger partial charge >= 0.3 is 12.1 Å². The predicted molar refractivity (Wildman–Crippen MR) is 156 cm³/mol. The fourth-order valence-corrected chi connectivity index (χ4v) is 5.66. The summed E-state index contributed by atoms with van der Waals surface area (Å²) >= 11 is 0. The predicted octanol–water partition coefficient (Wildman–Crippen LogP) is 4.50. The van der Waals surface area contributed by atoms with Gasteiger partial charge in [-0.25, -0.2) is 4.79 Å². The van der Waals surface area contributed by atoms with Crippen LogP contribution in [0.4, 0.5) is 4.79 Å². The average Bonchev–Trinajstić information content (AvgIpc) is 3.34. The molecule has 220 valence electrons. The highest BCUT2D eigenvalue weighted by molar-refractivity contribution is 5.87. The van der Waals surface area contributed by atoms with Gasteiger partial charge in [-0.05, 0) is 47.6 Å². The van der Waals surface area contributed by atoms with Crippen molar-refractivity contribution >= 4 is 18.0 Å². The maximum atomic E-state index is 13.4. The van der Waals surface area contributed by atoms with E-state index in [1.165, 1.54) is 0 Å². The lowest BCUT2D eigenvalue weighted by Crippen LogP contribution is -2.56. The molecule has 9 nitrogen and oxygen atoms in total. The standard InChI is InChI=1S/C33H36N2O7/c1-22(41-19-23-9-3-2-4-10-23)29(30(36)34-21-33(31(37)38)15-17-40-18-16-33)35-32(39)42-20-28-26-13-7-5-11-24(26)25-12-6-8-14-27(25)28/h2-14,22,28-29H,15-21H2,1H3,(H,34,36)(H,35,39)(H,37,38)/t22-,29+/m0/s1. The zero-order chi connectivity index (χ0) is 29.5. The van der Waals surface area contributed by atoms with Crippen LogP contribution in [0.2, 0.25) is 0 Å². The van der Waals surface area contributed by atoms with Crippen LogP contribution in [-0.2, 0) is 30.4 Å². The summed E-state index contributed by atoms with van der Waals surface area (Å²) in [7, 11) is 0. The summed E-state index contributed by atoms with van der Waals surface area (Å²) in [4.78, 5) is 38.7. The molecular weight excluding hydrogens is 536 g/mol. The molecule has 2 atom stereocenters. The van der Waals surface area contributed by atoms with Gasteiger partial charge < -0.3 is 30.0 Å². The Hall–Kier alpha value is -4.21. The molecule has 3 aromatic carbocycles. The van der Waals surface area contributed by atoms with E-state index in [2.05, 4.69) is 22.8 Å². The molecule has 0 spiro atoms. The Balaban J connectivity index is 1.26. The Labute approximate surface area is 245 Å². The molecule has 3 N–H and O–H groups in total. The minimum Gasteiger partial charge on any atom is -0.481 e. The molecule has 1 fully saturated rings. The lowest BCUT2D eigenvalue weighted by Gasteiger charge is -2.34. The maximum absolute atomic E-state index is 13.4. The molecule has 0 radical (unpaired) electrons. The summed E-state index contributed by atoms with van der Waals surface area (Å²) < 4.78 is 17.0. The van der Waals surface area contributed by atoms with Crippen LogP contribution in [0, 0.1) is 5.41 Å². The first-order valence-corrected chi connectivity index (χ1v) is 14.2. The molecule has 0 aromatic heterocycles. The zero-order valence-electron chi connectivity index (χ0n) is 23.6. The molecule has 1 heterocycles. The minimum absolute atomic E-state index is 0.0845. The van der Waals surface area contributed by atoms with Crippen LogP contribution < -0.4 is 10.6 Å². The minimum atomic E-state index is -1.13. The van der Waals surface area contributed by atoms with E-state index < -0.39 is 35.5 Å². The number of carboxylic acid groups (broad SMARTS) is 1. The number of hydrogen-bond acceptors (Lipinski definition) is 6. The highest BCUT2D eigenvalue weighted by Gasteiger charge is 2.41. The Kier molecular flexibility index (Phi) is 9.19. The fourth-order valence-electron chi connectivity index (χ4n) is 5.66. The molecular formula is C33H36N2O7. The topological polar surface area (TPSA) is 123 Å². The van der Waals surface area contributed by atoms with E-state index in [1.54, 1.807) is 6.92 Å². The number of benzene rings is 3. The van der Waals surface area contributed by atoms with Crippen molar-refractivity contribution in [3.8, 4) is 11.1 Å². The average molecular weight is 573 g/mol. The van der Waals surface area contributed by atoms with Crippen LogP contribution in [0.3, 0.4) is 0 Å². The first kappa shape index (κ1) is 29.3. The van der Waals surface area contributed by atoms with Crippen LogP contribution in [0.1, 0.15) is 42.4 Å². The first-order chi connectivity index (χ1) is 20.4. The second kappa shape index (κ2) is 13.2. The van der Waals surface area contributed by atoms with Gasteiger partial charge in [-0.3, -0.25) is 9.59 Å². The SMILES string of the molecule is C[C@H](OCc1ccccc1)[C@@H](NC(=O)OCC1c2ccccc2-c2ccccc21)C(=O)NCC1(C(=O)O)CCOCC1. The van der Waals surface area contributed by atoms with Crippen LogP contribution in [0.15, 0.2) is 78.9 Å². The summed E-state index contributed by atoms with van der Waals surface area (Å²) in [6, 6.07) is 24.5. The van der Waals surface area contributed by atoms with E-state index in [-0.39, 0.29) is 38.5 Å². The molecule has 0 unspecified atom stereocenters. The lowest BCUT2D eigenvalue weighted by molar-refractivity contribution is -0.154. The number of amides is 2. The van der Waals surface area contributed by atoms with Crippen molar-refractivity contribution in [2.75, 3.05) is 26.4 Å². The summed E-state index contributed by atoms with van der Waals surface area (Å²) in [6.07, 6.45) is -0.923. The van der Waals surface area contributed by atoms with Gasteiger partial charge in [0.1, 0.15) is 12.6 Å². The third kappa shape index (κ3) is 6.48. The van der Waals surface area contributed by atoms with Crippen molar-refractivity contribution in [1.82, 2.24) is 10.6 Å². The number of carboxylic acids is 1. The monoisotopic (exact) mass is 572 g/mol. The molecule has 1 aliphatic heterocycles. The normalized spacial score (nSPS) is 16.9. The molecule has 1 saturated heterocycles. The number of carbonyl (C=O) groups is 3. The lowest BCUT2D eigenvalue weighted by atomic mass is 9.80. The molecule has 2 aliphatic rings. The number of hydrogen-bond donors (Lipinski definition) is 3. The second-order valence-corrected chi connectivity index (χ2v) is 10.9. The number of carbonyl (C=O) groups excluding carboxylic acids is 2. The third-order valence-corrected chi connectivity index (χ3v) is 8.23. The van der Waals surface area contributed by atoms with Gasteiger partial charge in [0.2, 0.25) is 5.91 Å². The summed E-state index contributed by atoms with van der Waals surface area (Å²) in [5, 5.41) is 15.3. The molecule has 3 aromatic rings. The number of aliphatic carboxylic acids is 1. The quantitative estimate of drug-likeness (QED) is 0.309. The third-order valence-electron chi connectivity index (χ3n) is 8.23. The molecule has 1 aliphatic carbocycles. The smallest absolute Gasteiger partial charge is 0.407 e. The summed E-state index contributed by atoms with van der Waals surface area (Å²) in [5.74, 6) is -1.66. The number of ether oxygens (including phenoxy) is 3. The Bertz CT molecular complexity index is 1360. The van der Waals surface area contributed by atoms with Crippen LogP contribution >= 0.6 is 0 Å². The van der Waals surface area contributed by atoms with Gasteiger partial charge in [0.25, 0.3) is 0 Å². The van der Waals surface area contributed by atoms with Crippen LogP contribution in [0.25, 0.3) is 11.1 Å². The van der Waals surface area contributed by atoms with E-state index in [0.717, 1.165) is 27.8 Å². The van der Waals surface area contributed by atoms with Crippen molar-refractivity contribution in [3.63, 3.8) is 0 Å². The number of nitrogens with one attached hydrogen (secondary N) is 2. The molecule has 0 bridgehead atoms. The largest absolute Gasteiger partial charge is 0.481 e. The van der Waals surface area contributed by atoms with Gasteiger partial charge in [-0.2, -0.15) is 0 Å². The molecule has 2 amide bonds. The van der Waals surface area contributed by atoms with E-state index in [4.69, 9.17) is 14.2 Å².